The molecule has 0 amide bonds. The first kappa shape index (κ1) is 10.6. The number of phenolic OH excluding ortho intramolecular Hbond substituents is 1. The molecular formula is C9H7F3N2O2. The van der Waals surface area contributed by atoms with Crippen LogP contribution in [0.15, 0.2) is 29.4 Å². The zero-order valence-electron chi connectivity index (χ0n) is 7.82. The molecule has 0 spiro atoms. The highest BCUT2D eigenvalue weighted by atomic mass is 19.4. The van der Waals surface area contributed by atoms with Gasteiger partial charge in [-0.2, -0.15) is 13.2 Å². The van der Waals surface area contributed by atoms with Gasteiger partial charge in [0.1, 0.15) is 5.75 Å². The van der Waals surface area contributed by atoms with Crippen molar-refractivity contribution in [1.82, 2.24) is 5.32 Å². The van der Waals surface area contributed by atoms with Gasteiger partial charge in [-0.1, -0.05) is 5.16 Å². The van der Waals surface area contributed by atoms with Gasteiger partial charge in [-0.25, -0.2) is 0 Å². The number of nitrogens with zero attached hydrogens (tertiary/aromatic N) is 1. The Morgan fingerprint density at radius 1 is 1.25 bits per heavy atom. The van der Waals surface area contributed by atoms with Crippen molar-refractivity contribution < 1.29 is 23.1 Å². The Morgan fingerprint density at radius 2 is 1.88 bits per heavy atom. The van der Waals surface area contributed by atoms with E-state index in [-0.39, 0.29) is 11.6 Å². The van der Waals surface area contributed by atoms with Crippen LogP contribution in [0.5, 0.6) is 5.75 Å². The highest BCUT2D eigenvalue weighted by Crippen LogP contribution is 2.24. The van der Waals surface area contributed by atoms with Crippen LogP contribution >= 0.6 is 0 Å². The Morgan fingerprint density at radius 3 is 2.38 bits per heavy atom. The Labute approximate surface area is 88.3 Å². The molecular weight excluding hydrogens is 225 g/mol. The first-order valence-corrected chi connectivity index (χ1v) is 4.33. The fraction of sp³-hybridized carbons (Fsp3) is 0.222. The molecule has 86 valence electrons. The number of alkyl halides is 3. The molecule has 7 heteroatoms. The number of aromatic hydroxyl groups is 1. The second kappa shape index (κ2) is 3.58. The summed E-state index contributed by atoms with van der Waals surface area (Å²) < 4.78 is 36.6. The molecule has 0 aliphatic carbocycles. The third kappa shape index (κ3) is 2.02. The van der Waals surface area contributed by atoms with Crippen LogP contribution in [0.3, 0.4) is 0 Å². The summed E-state index contributed by atoms with van der Waals surface area (Å²) in [5.41, 5.74) is 0.407. The Balaban J connectivity index is 2.12. The zero-order valence-corrected chi connectivity index (χ0v) is 7.82. The minimum Gasteiger partial charge on any atom is -0.508 e. The van der Waals surface area contributed by atoms with E-state index in [4.69, 9.17) is 5.11 Å². The van der Waals surface area contributed by atoms with Gasteiger partial charge in [0.2, 0.25) is 0 Å². The molecule has 0 fully saturated rings. The van der Waals surface area contributed by atoms with Crippen molar-refractivity contribution in [3.63, 3.8) is 0 Å². The Kier molecular flexibility index (Phi) is 2.37. The third-order valence-corrected chi connectivity index (χ3v) is 1.96. The van der Waals surface area contributed by atoms with Gasteiger partial charge in [-0.3, -0.25) is 0 Å². The highest BCUT2D eigenvalue weighted by Gasteiger charge is 2.45. The van der Waals surface area contributed by atoms with Gasteiger partial charge in [0.25, 0.3) is 6.23 Å². The quantitative estimate of drug-likeness (QED) is 0.772. The lowest BCUT2D eigenvalue weighted by Gasteiger charge is -2.12. The molecule has 0 saturated heterocycles. The Bertz CT molecular complexity index is 414. The lowest BCUT2D eigenvalue weighted by atomic mass is 10.2. The summed E-state index contributed by atoms with van der Waals surface area (Å²) >= 11 is 0. The van der Waals surface area contributed by atoms with Gasteiger partial charge in [-0.15, -0.1) is 0 Å². The van der Waals surface area contributed by atoms with Crippen molar-refractivity contribution in [3.05, 3.63) is 29.8 Å². The molecule has 1 unspecified atom stereocenters. The predicted molar refractivity (Wildman–Crippen MR) is 48.7 cm³/mol. The fourth-order valence-corrected chi connectivity index (χ4v) is 1.18. The summed E-state index contributed by atoms with van der Waals surface area (Å²) in [4.78, 5) is 4.20. The van der Waals surface area contributed by atoms with Crippen LogP contribution in [-0.4, -0.2) is 23.3 Å². The van der Waals surface area contributed by atoms with Gasteiger partial charge in [0.05, 0.1) is 0 Å². The standard InChI is InChI=1S/C9H7F3N2O2/c10-9(11,12)8-13-7(14-16-8)5-1-3-6(15)4-2-5/h1-4,8,15H,(H,13,14). The summed E-state index contributed by atoms with van der Waals surface area (Å²) in [6.45, 7) is 0. The number of halogens is 3. The molecule has 1 atom stereocenters. The smallest absolute Gasteiger partial charge is 0.448 e. The summed E-state index contributed by atoms with van der Waals surface area (Å²) in [6, 6.07) is 5.56. The maximum absolute atomic E-state index is 12.2. The van der Waals surface area contributed by atoms with Crippen LogP contribution in [0, 0.1) is 0 Å². The number of hydrogen-bond acceptors (Lipinski definition) is 4. The van der Waals surface area contributed by atoms with Crippen molar-refractivity contribution in [1.29, 1.82) is 0 Å². The van der Waals surface area contributed by atoms with Gasteiger partial charge in [0, 0.05) is 5.56 Å². The lowest BCUT2D eigenvalue weighted by Crippen LogP contribution is -2.41. The predicted octanol–water partition coefficient (Wildman–Crippen LogP) is 1.56. The van der Waals surface area contributed by atoms with Crippen LogP contribution in [0.2, 0.25) is 0 Å². The number of oxime groups is 1. The second-order valence-electron chi connectivity index (χ2n) is 3.16. The van der Waals surface area contributed by atoms with Crippen molar-refractivity contribution in [3.8, 4) is 5.75 Å². The van der Waals surface area contributed by atoms with E-state index in [0.29, 0.717) is 5.56 Å². The van der Waals surface area contributed by atoms with E-state index in [0.717, 1.165) is 0 Å². The van der Waals surface area contributed by atoms with E-state index < -0.39 is 12.4 Å². The fourth-order valence-electron chi connectivity index (χ4n) is 1.18. The molecule has 2 rings (SSSR count). The molecule has 0 saturated carbocycles. The van der Waals surface area contributed by atoms with E-state index in [2.05, 4.69) is 15.3 Å². The summed E-state index contributed by atoms with van der Waals surface area (Å²) in [6.07, 6.45) is -6.63. The average molecular weight is 232 g/mol. The van der Waals surface area contributed by atoms with Gasteiger partial charge < -0.3 is 15.3 Å². The molecule has 1 aromatic rings. The van der Waals surface area contributed by atoms with E-state index in [1.807, 2.05) is 0 Å². The van der Waals surface area contributed by atoms with E-state index in [1.54, 1.807) is 0 Å². The molecule has 0 bridgehead atoms. The van der Waals surface area contributed by atoms with E-state index in [9.17, 15) is 13.2 Å². The maximum atomic E-state index is 12.2. The summed E-state index contributed by atoms with van der Waals surface area (Å²) in [7, 11) is 0. The molecule has 1 heterocycles. The minimum atomic E-state index is -4.51. The third-order valence-electron chi connectivity index (χ3n) is 1.96. The van der Waals surface area contributed by atoms with Crippen molar-refractivity contribution in [2.45, 2.75) is 12.4 Å². The number of nitrogens with one attached hydrogen (secondary N) is 1. The maximum Gasteiger partial charge on any atom is 0.448 e. The van der Waals surface area contributed by atoms with Gasteiger partial charge in [0.15, 0.2) is 5.84 Å². The lowest BCUT2D eigenvalue weighted by molar-refractivity contribution is -0.218. The van der Waals surface area contributed by atoms with Crippen LogP contribution in [0.25, 0.3) is 0 Å². The first-order valence-electron chi connectivity index (χ1n) is 4.33. The van der Waals surface area contributed by atoms with Crippen molar-refractivity contribution in [2.24, 2.45) is 5.16 Å². The van der Waals surface area contributed by atoms with Crippen molar-refractivity contribution >= 4 is 5.84 Å². The van der Waals surface area contributed by atoms with E-state index in [1.165, 1.54) is 24.3 Å². The topological polar surface area (TPSA) is 53.9 Å². The zero-order chi connectivity index (χ0) is 11.8. The monoisotopic (exact) mass is 232 g/mol. The first-order chi connectivity index (χ1) is 7.47. The number of hydrogen-bond donors (Lipinski definition) is 2. The van der Waals surface area contributed by atoms with Crippen molar-refractivity contribution in [2.75, 3.05) is 0 Å². The number of benzene rings is 1. The normalized spacial score (nSPS) is 19.9. The molecule has 1 aliphatic rings. The minimum absolute atomic E-state index is 0.0117. The number of phenols is 1. The molecule has 0 aromatic heterocycles. The SMILES string of the molecule is Oc1ccc(C2=NOC(C(F)(F)F)N2)cc1. The molecule has 4 nitrogen and oxygen atoms in total. The Hall–Kier alpha value is -1.92. The second-order valence-corrected chi connectivity index (χ2v) is 3.16. The van der Waals surface area contributed by atoms with Crippen LogP contribution in [-0.2, 0) is 4.84 Å². The summed E-state index contributed by atoms with van der Waals surface area (Å²) in [5, 5.41) is 14.4. The molecule has 2 N–H and O–H groups in total. The number of rotatable bonds is 1. The number of amidine groups is 1. The summed E-state index contributed by atoms with van der Waals surface area (Å²) in [5.74, 6) is 0.0120. The molecule has 1 aromatic carbocycles. The largest absolute Gasteiger partial charge is 0.508 e. The molecule has 0 radical (unpaired) electrons. The van der Waals surface area contributed by atoms with Crippen LogP contribution < -0.4 is 5.32 Å². The molecule has 1 aliphatic heterocycles. The van der Waals surface area contributed by atoms with Gasteiger partial charge in [-0.05, 0) is 24.3 Å². The van der Waals surface area contributed by atoms with E-state index >= 15 is 0 Å². The van der Waals surface area contributed by atoms with Gasteiger partial charge >= 0.3 is 6.18 Å². The average Bonchev–Trinajstić information content (AvgIpc) is 2.67. The molecule has 16 heavy (non-hydrogen) atoms. The van der Waals surface area contributed by atoms with Crippen LogP contribution in [0.4, 0.5) is 13.2 Å². The van der Waals surface area contributed by atoms with Crippen LogP contribution in [0.1, 0.15) is 5.56 Å². The highest BCUT2D eigenvalue weighted by molar-refractivity contribution is 5.99.